The number of benzene rings is 3. The predicted molar refractivity (Wildman–Crippen MR) is 375 cm³/mol. The van der Waals surface area contributed by atoms with Gasteiger partial charge in [0.1, 0.15) is 29.9 Å². The third kappa shape index (κ3) is 23.8. The van der Waals surface area contributed by atoms with Crippen molar-refractivity contribution in [2.45, 2.75) is 192 Å². The summed E-state index contributed by atoms with van der Waals surface area (Å²) in [5.74, 6) is -5.20. The van der Waals surface area contributed by atoms with Gasteiger partial charge in [0.05, 0.1) is 35.2 Å². The van der Waals surface area contributed by atoms with E-state index in [0.717, 1.165) is 70.7 Å². The first-order chi connectivity index (χ1) is 47.0. The number of rotatable bonds is 42. The first kappa shape index (κ1) is 77.8. The number of imidazole rings is 1. The van der Waals surface area contributed by atoms with E-state index < -0.39 is 78.8 Å². The van der Waals surface area contributed by atoms with Gasteiger partial charge in [0, 0.05) is 104 Å². The molecule has 1 aliphatic carbocycles. The first-order valence-electron chi connectivity index (χ1n) is 34.1. The van der Waals surface area contributed by atoms with E-state index in [2.05, 4.69) is 112 Å². The molecule has 9 N–H and O–H groups in total. The predicted octanol–water partition coefficient (Wildman–Crippen LogP) is 10.8. The van der Waals surface area contributed by atoms with Crippen molar-refractivity contribution in [1.29, 1.82) is 0 Å². The number of Topliss-reactive ketones (excluding diaryl/α,β-unsaturated/α-hetero) is 2. The third-order valence-electron chi connectivity index (χ3n) is 18.4. The van der Waals surface area contributed by atoms with Crippen LogP contribution in [0.5, 0.6) is 5.75 Å². The minimum absolute atomic E-state index is 0.00803. The summed E-state index contributed by atoms with van der Waals surface area (Å²) in [7, 11) is -8.28. The van der Waals surface area contributed by atoms with E-state index in [1.54, 1.807) is 24.3 Å². The molecule has 3 aromatic carbocycles. The number of amides is 3. The van der Waals surface area contributed by atoms with Crippen LogP contribution in [0.2, 0.25) is 0 Å². The standard InChI is InChI=1S/C73H95N7O17S2/c1-72(2)57-24-11-13-26-61(57)79(41-15-17-43-98(91,92)93)64(72)38-32-51-21-19-22-52(33-39-65-73(3,4)58-25-12-14-27-62(58)80(65)42-16-18-44-99(94,95)96)68(51)97-56-35-30-50(31-36-56)45-53(69(86)87)46-63(82)60(47-54-48-74-49-76-54)77-66(83)28-10-8-6-5-7-9-23-55(81)34-37-59(70(88)89)78-71(90)75-40-20-29-67(84)85/h11-14,24-27,30-33,35-36,38-39,48-49,53,59-60H,5-10,15-23,28-29,34,37,40-47H2,1-4H3,(H8-,74,75,76,77,78,83,84,85,86,87,88,89,90,91,92,93,94,95,96)/p+1/t53-,59+,60+/m1/s1. The lowest BCUT2D eigenvalue weighted by atomic mass is 9.81. The number of ether oxygens (including phenoxy) is 1. The van der Waals surface area contributed by atoms with Gasteiger partial charge in [-0.15, -0.1) is 0 Å². The monoisotopic (exact) mass is 1410 g/mol. The normalized spacial score (nSPS) is 16.7. The van der Waals surface area contributed by atoms with Crippen molar-refractivity contribution >= 4 is 78.7 Å². The number of para-hydroxylation sites is 2. The molecule has 0 spiro atoms. The highest BCUT2D eigenvalue weighted by molar-refractivity contribution is 7.86. The summed E-state index contributed by atoms with van der Waals surface area (Å²) in [5, 5.41) is 36.4. The summed E-state index contributed by atoms with van der Waals surface area (Å²) in [6.07, 6.45) is 19.0. The fourth-order valence-corrected chi connectivity index (χ4v) is 14.2. The Balaban J connectivity index is 1.02. The van der Waals surface area contributed by atoms with Crippen LogP contribution in [0.1, 0.15) is 178 Å². The number of carboxylic acid groups (broad SMARTS) is 3. The molecule has 3 aliphatic rings. The zero-order valence-corrected chi connectivity index (χ0v) is 58.6. The van der Waals surface area contributed by atoms with Gasteiger partial charge in [-0.25, -0.2) is 14.6 Å². The highest BCUT2D eigenvalue weighted by Crippen LogP contribution is 2.48. The number of nitrogens with one attached hydrogen (secondary N) is 4. The van der Waals surface area contributed by atoms with Gasteiger partial charge in [-0.1, -0.05) is 94.1 Å². The van der Waals surface area contributed by atoms with Gasteiger partial charge < -0.3 is 45.9 Å². The van der Waals surface area contributed by atoms with Gasteiger partial charge in [0.25, 0.3) is 20.2 Å². The van der Waals surface area contributed by atoms with Gasteiger partial charge in [0.2, 0.25) is 11.6 Å². The van der Waals surface area contributed by atoms with Crippen molar-refractivity contribution < 1.29 is 84.1 Å². The number of hydrogen-bond acceptors (Lipinski definition) is 14. The molecular formula is C73H96N7O17S2+. The van der Waals surface area contributed by atoms with Crippen molar-refractivity contribution in [3.63, 3.8) is 0 Å². The Morgan fingerprint density at radius 1 is 0.687 bits per heavy atom. The van der Waals surface area contributed by atoms with Crippen LogP contribution in [0, 0.1) is 5.92 Å². The summed E-state index contributed by atoms with van der Waals surface area (Å²) in [5.41, 5.74) is 8.35. The van der Waals surface area contributed by atoms with E-state index in [4.69, 9.17) is 9.84 Å². The highest BCUT2D eigenvalue weighted by atomic mass is 32.2. The molecule has 1 aromatic heterocycles. The third-order valence-corrected chi connectivity index (χ3v) is 20.0. The molecule has 0 saturated heterocycles. The molecule has 24 nitrogen and oxygen atoms in total. The number of unbranched alkanes of at least 4 members (excludes halogenated alkanes) is 7. The smallest absolute Gasteiger partial charge is 0.326 e. The van der Waals surface area contributed by atoms with Crippen LogP contribution in [0.3, 0.4) is 0 Å². The quantitative estimate of drug-likeness (QED) is 0.0113. The number of H-pyrrole nitrogens is 1. The lowest BCUT2D eigenvalue weighted by Gasteiger charge is -2.27. The van der Waals surface area contributed by atoms with Crippen molar-refractivity contribution in [1.82, 2.24) is 25.9 Å². The summed E-state index contributed by atoms with van der Waals surface area (Å²) in [6.45, 7) is 9.67. The Morgan fingerprint density at radius 2 is 1.35 bits per heavy atom. The number of hydrogen-bond donors (Lipinski definition) is 9. The number of ketones is 2. The van der Waals surface area contributed by atoms with Crippen LogP contribution in [0.4, 0.5) is 16.2 Å². The summed E-state index contributed by atoms with van der Waals surface area (Å²) in [4.78, 5) is 96.8. The molecular weight excluding hydrogens is 1310 g/mol. The molecule has 3 amide bonds. The van der Waals surface area contributed by atoms with E-state index in [0.29, 0.717) is 80.8 Å². The number of carbonyl (C=O) groups is 7. The molecule has 26 heteroatoms. The number of aliphatic carboxylic acids is 3. The minimum atomic E-state index is -4.14. The average molecular weight is 1410 g/mol. The van der Waals surface area contributed by atoms with Gasteiger partial charge in [-0.3, -0.25) is 33.1 Å². The zero-order valence-electron chi connectivity index (χ0n) is 57.0. The Kier molecular flexibility index (Phi) is 28.7. The van der Waals surface area contributed by atoms with Crippen LogP contribution in [-0.2, 0) is 72.7 Å². The van der Waals surface area contributed by atoms with E-state index in [1.807, 2.05) is 24.3 Å². The van der Waals surface area contributed by atoms with Crippen LogP contribution < -0.4 is 25.6 Å². The molecule has 4 aromatic rings. The van der Waals surface area contributed by atoms with Crippen LogP contribution in [-0.4, -0.2) is 146 Å². The van der Waals surface area contributed by atoms with E-state index in [9.17, 15) is 69.7 Å². The summed E-state index contributed by atoms with van der Waals surface area (Å²) >= 11 is 0. The fourth-order valence-electron chi connectivity index (χ4n) is 13.1. The Morgan fingerprint density at radius 3 is 2.02 bits per heavy atom. The number of urea groups is 1. The number of carboxylic acids is 3. The maximum atomic E-state index is 14.2. The second kappa shape index (κ2) is 36.5. The van der Waals surface area contributed by atoms with Crippen molar-refractivity contribution in [3.05, 3.63) is 155 Å². The Labute approximate surface area is 580 Å². The molecule has 0 radical (unpaired) electrons. The molecule has 536 valence electrons. The van der Waals surface area contributed by atoms with Crippen LogP contribution in [0.25, 0.3) is 0 Å². The SMILES string of the molecule is CC1(C)C(=CC=C2CCCC(C=CC3=[N+](CCCCS(=O)(=O)O)c4ccccc4C3(C)C)=C2Oc2ccc(C[C@H](CC(=O)[C@H](Cc3cnc[nH]3)NC(=O)CCCCCCCCC(=O)CC[C@H](NC(=O)NCCCC(=O)O)C(=O)O)C(=O)O)cc2)N(CCCCS(=O)(=O)O)c2ccccc21. The van der Waals surface area contributed by atoms with Gasteiger partial charge in [-0.2, -0.15) is 21.4 Å². The van der Waals surface area contributed by atoms with Crippen molar-refractivity contribution in [3.8, 4) is 5.75 Å². The lowest BCUT2D eigenvalue weighted by Crippen LogP contribution is -2.46. The first-order valence-corrected chi connectivity index (χ1v) is 37.4. The summed E-state index contributed by atoms with van der Waals surface area (Å²) < 4.78 is 75.0. The lowest BCUT2D eigenvalue weighted by molar-refractivity contribution is -0.438. The average Bonchev–Trinajstić information content (AvgIpc) is 1.61. The van der Waals surface area contributed by atoms with Gasteiger partial charge in [-0.05, 0) is 137 Å². The molecule has 7 rings (SSSR count). The van der Waals surface area contributed by atoms with E-state index in [-0.39, 0.29) is 100 Å². The number of nitrogens with zero attached hydrogens (tertiary/aromatic N) is 3. The van der Waals surface area contributed by atoms with E-state index in [1.165, 1.54) is 12.5 Å². The Bertz CT molecular complexity index is 3910. The molecule has 0 saturated carbocycles. The Hall–Kier alpha value is -8.59. The van der Waals surface area contributed by atoms with E-state index >= 15 is 0 Å². The number of aromatic amines is 1. The molecule has 99 heavy (non-hydrogen) atoms. The molecule has 0 fully saturated rings. The van der Waals surface area contributed by atoms with Gasteiger partial charge in [0.15, 0.2) is 11.5 Å². The van der Waals surface area contributed by atoms with Crippen molar-refractivity contribution in [2.24, 2.45) is 5.92 Å². The minimum Gasteiger partial charge on any atom is -0.481 e. The van der Waals surface area contributed by atoms with Crippen LogP contribution in [0.15, 0.2) is 132 Å². The van der Waals surface area contributed by atoms with Crippen LogP contribution >= 0.6 is 0 Å². The molecule has 0 unspecified atom stereocenters. The molecule has 2 aliphatic heterocycles. The topological polar surface area (TPSA) is 369 Å². The number of allylic oxidation sites excluding steroid dienone is 7. The number of carbonyl (C=O) groups excluding carboxylic acids is 4. The highest BCUT2D eigenvalue weighted by Gasteiger charge is 2.44. The molecule has 0 bridgehead atoms. The second-order valence-electron chi connectivity index (χ2n) is 26.8. The maximum absolute atomic E-state index is 14.2. The number of fused-ring (bicyclic) bond motifs is 2. The largest absolute Gasteiger partial charge is 0.481 e. The second-order valence-corrected chi connectivity index (χ2v) is 29.9. The number of aromatic nitrogens is 2. The molecule has 3 atom stereocenters. The molecule has 3 heterocycles. The van der Waals surface area contributed by atoms with Gasteiger partial charge >= 0.3 is 23.9 Å². The van der Waals surface area contributed by atoms with Crippen molar-refractivity contribution in [2.75, 3.05) is 36.0 Å². The summed E-state index contributed by atoms with van der Waals surface area (Å²) in [6, 6.07) is 20.2. The fraction of sp³-hybridized carbons (Fsp3) is 0.493. The number of anilines is 1. The maximum Gasteiger partial charge on any atom is 0.326 e. The zero-order chi connectivity index (χ0) is 71.9.